The summed E-state index contributed by atoms with van der Waals surface area (Å²) in [5, 5.41) is 0.530. The summed E-state index contributed by atoms with van der Waals surface area (Å²) in [5.74, 6) is -0.229. The quantitative estimate of drug-likeness (QED) is 0.306. The number of hydrogen-bond donors (Lipinski definition) is 1. The maximum Gasteiger partial charge on any atom is 0.418 e. The molecule has 1 amide bonds. The van der Waals surface area contributed by atoms with Gasteiger partial charge >= 0.3 is 6.18 Å². The molecule has 1 N–H and O–H groups in total. The van der Waals surface area contributed by atoms with Crippen molar-refractivity contribution < 1.29 is 26.4 Å². The lowest BCUT2D eigenvalue weighted by atomic mass is 10.0. The zero-order valence-electron chi connectivity index (χ0n) is 22.3. The summed E-state index contributed by atoms with van der Waals surface area (Å²) >= 11 is 0. The lowest BCUT2D eigenvalue weighted by molar-refractivity contribution is -0.136. The minimum absolute atomic E-state index is 0.139. The van der Waals surface area contributed by atoms with Crippen LogP contribution in [0.25, 0.3) is 10.9 Å². The van der Waals surface area contributed by atoms with Gasteiger partial charge in [-0.3, -0.25) is 19.4 Å². The fourth-order valence-electron chi connectivity index (χ4n) is 5.08. The van der Waals surface area contributed by atoms with E-state index in [0.717, 1.165) is 12.6 Å². The molecule has 3 aromatic carbocycles. The number of para-hydroxylation sites is 1. The third-order valence-electron chi connectivity index (χ3n) is 7.26. The van der Waals surface area contributed by atoms with Gasteiger partial charge in [-0.1, -0.05) is 55.5 Å². The summed E-state index contributed by atoms with van der Waals surface area (Å²) in [4.78, 5) is 20.8. The van der Waals surface area contributed by atoms with E-state index in [1.54, 1.807) is 18.2 Å². The van der Waals surface area contributed by atoms with Crippen LogP contribution in [0, 0.1) is 0 Å². The average molecular weight is 583 g/mol. The second-order valence-corrected chi connectivity index (χ2v) is 11.8. The van der Waals surface area contributed by atoms with Gasteiger partial charge < -0.3 is 4.90 Å². The molecule has 1 aliphatic rings. The predicted octanol–water partition coefficient (Wildman–Crippen LogP) is 5.62. The minimum atomic E-state index is -4.91. The average Bonchev–Trinajstić information content (AvgIpc) is 2.97. The lowest BCUT2D eigenvalue weighted by Gasteiger charge is -2.36. The zero-order chi connectivity index (χ0) is 29.2. The molecule has 4 aromatic rings. The molecule has 1 saturated heterocycles. The number of aromatic nitrogens is 1. The fourth-order valence-corrected chi connectivity index (χ4v) is 6.34. The fraction of sp³-hybridized carbons (Fsp3) is 0.267. The maximum atomic E-state index is 14.1. The van der Waals surface area contributed by atoms with Crippen molar-refractivity contribution in [3.63, 3.8) is 0 Å². The topological polar surface area (TPSA) is 82.6 Å². The molecule has 1 atom stereocenters. The first-order valence-electron chi connectivity index (χ1n) is 13.2. The number of nitrogens with one attached hydrogen (secondary N) is 1. The molecule has 1 fully saturated rings. The first kappa shape index (κ1) is 28.6. The van der Waals surface area contributed by atoms with Crippen molar-refractivity contribution in [1.82, 2.24) is 14.8 Å². The van der Waals surface area contributed by atoms with E-state index in [-0.39, 0.29) is 16.0 Å². The van der Waals surface area contributed by atoms with E-state index in [2.05, 4.69) is 33.7 Å². The van der Waals surface area contributed by atoms with Crippen molar-refractivity contribution >= 4 is 32.5 Å². The van der Waals surface area contributed by atoms with E-state index in [0.29, 0.717) is 43.5 Å². The van der Waals surface area contributed by atoms with Crippen molar-refractivity contribution in [2.24, 2.45) is 0 Å². The van der Waals surface area contributed by atoms with Crippen LogP contribution in [0.2, 0.25) is 0 Å². The van der Waals surface area contributed by atoms with E-state index < -0.39 is 33.4 Å². The smallest absolute Gasteiger partial charge is 0.336 e. The van der Waals surface area contributed by atoms with E-state index in [4.69, 9.17) is 0 Å². The van der Waals surface area contributed by atoms with Crippen LogP contribution >= 0.6 is 0 Å². The van der Waals surface area contributed by atoms with Gasteiger partial charge in [0.1, 0.15) is 4.90 Å². The zero-order valence-corrected chi connectivity index (χ0v) is 23.1. The summed E-state index contributed by atoms with van der Waals surface area (Å²) in [7, 11) is -4.43. The number of fused-ring (bicyclic) bond motifs is 1. The normalized spacial score (nSPS) is 15.6. The molecule has 0 bridgehead atoms. The number of anilines is 1. The number of piperazine rings is 1. The van der Waals surface area contributed by atoms with Crippen LogP contribution in [0.1, 0.15) is 34.3 Å². The van der Waals surface area contributed by atoms with Crippen LogP contribution in [0.15, 0.2) is 90.0 Å². The standard InChI is InChI=1S/C30H29F3N4O3S/c1-21(22-7-3-2-4-8-22)20-36-15-17-37(18-16-36)29(38)24-12-13-26(25(19-24)30(31,32)33)35-41(39,40)27-11-5-9-23-10-6-14-34-28(23)27/h2-14,19,21,35H,15-18,20H2,1H3. The van der Waals surface area contributed by atoms with Crippen LogP contribution in [-0.4, -0.2) is 61.8 Å². The number of carbonyl (C=O) groups excluding carboxylic acids is 1. The number of halogens is 3. The highest BCUT2D eigenvalue weighted by Gasteiger charge is 2.36. The second-order valence-electron chi connectivity index (χ2n) is 10.1. The highest BCUT2D eigenvalue weighted by molar-refractivity contribution is 7.93. The molecule has 1 unspecified atom stereocenters. The van der Waals surface area contributed by atoms with Crippen molar-refractivity contribution in [3.05, 3.63) is 102 Å². The van der Waals surface area contributed by atoms with E-state index in [1.165, 1.54) is 34.9 Å². The molecule has 0 saturated carbocycles. The van der Waals surface area contributed by atoms with Gasteiger partial charge in [0.05, 0.1) is 16.8 Å². The molecule has 1 aliphatic heterocycles. The molecule has 7 nitrogen and oxygen atoms in total. The third-order valence-corrected chi connectivity index (χ3v) is 8.66. The summed E-state index contributed by atoms with van der Waals surface area (Å²) < 4.78 is 70.7. The first-order valence-corrected chi connectivity index (χ1v) is 14.7. The molecule has 0 aliphatic carbocycles. The van der Waals surface area contributed by atoms with Gasteiger partial charge in [0.25, 0.3) is 15.9 Å². The van der Waals surface area contributed by atoms with Gasteiger partial charge in [0.2, 0.25) is 0 Å². The van der Waals surface area contributed by atoms with Crippen LogP contribution in [0.4, 0.5) is 18.9 Å². The van der Waals surface area contributed by atoms with Crippen molar-refractivity contribution in [3.8, 4) is 0 Å². The molecular formula is C30H29F3N4O3S. The highest BCUT2D eigenvalue weighted by Crippen LogP contribution is 2.37. The molecule has 5 rings (SSSR count). The van der Waals surface area contributed by atoms with Crippen molar-refractivity contribution in [2.45, 2.75) is 23.9 Å². The Hall–Kier alpha value is -3.96. The molecule has 41 heavy (non-hydrogen) atoms. The first-order chi connectivity index (χ1) is 19.5. The van der Waals surface area contributed by atoms with Gasteiger partial charge in [-0.05, 0) is 41.8 Å². The number of carbonyl (C=O) groups is 1. The van der Waals surface area contributed by atoms with Gasteiger partial charge in [-0.2, -0.15) is 13.2 Å². The number of pyridine rings is 1. The van der Waals surface area contributed by atoms with Crippen LogP contribution in [0.3, 0.4) is 0 Å². The Morgan fingerprint density at radius 1 is 0.951 bits per heavy atom. The Kier molecular flexibility index (Phi) is 8.01. The Morgan fingerprint density at radius 2 is 1.66 bits per heavy atom. The van der Waals surface area contributed by atoms with Gasteiger partial charge in [0.15, 0.2) is 0 Å². The number of hydrogen-bond acceptors (Lipinski definition) is 5. The summed E-state index contributed by atoms with van der Waals surface area (Å²) in [6.07, 6.45) is -3.50. The van der Waals surface area contributed by atoms with Crippen molar-refractivity contribution in [2.75, 3.05) is 37.4 Å². The van der Waals surface area contributed by atoms with Gasteiger partial charge in [0, 0.05) is 49.9 Å². The van der Waals surface area contributed by atoms with Crippen LogP contribution in [-0.2, 0) is 16.2 Å². The monoisotopic (exact) mass is 582 g/mol. The number of amides is 1. The molecule has 0 radical (unpaired) electrons. The Balaban J connectivity index is 1.32. The summed E-state index contributed by atoms with van der Waals surface area (Å²) in [6, 6.07) is 20.8. The Bertz CT molecular complexity index is 1650. The molecular weight excluding hydrogens is 553 g/mol. The van der Waals surface area contributed by atoms with E-state index >= 15 is 0 Å². The molecule has 2 heterocycles. The lowest BCUT2D eigenvalue weighted by Crippen LogP contribution is -2.49. The SMILES string of the molecule is CC(CN1CCN(C(=O)c2ccc(NS(=O)(=O)c3cccc4cccnc34)c(C(F)(F)F)c2)CC1)c1ccccc1. The molecule has 1 aromatic heterocycles. The summed E-state index contributed by atoms with van der Waals surface area (Å²) in [5.41, 5.74) is -0.700. The largest absolute Gasteiger partial charge is 0.418 e. The summed E-state index contributed by atoms with van der Waals surface area (Å²) in [6.45, 7) is 4.91. The number of nitrogens with zero attached hydrogens (tertiary/aromatic N) is 3. The second kappa shape index (κ2) is 11.5. The molecule has 11 heteroatoms. The number of sulfonamides is 1. The van der Waals surface area contributed by atoms with Crippen molar-refractivity contribution in [1.29, 1.82) is 0 Å². The minimum Gasteiger partial charge on any atom is -0.336 e. The highest BCUT2D eigenvalue weighted by atomic mass is 32.2. The van der Waals surface area contributed by atoms with E-state index in [9.17, 15) is 26.4 Å². The number of alkyl halides is 3. The third kappa shape index (κ3) is 6.36. The number of rotatable bonds is 7. The van der Waals surface area contributed by atoms with Gasteiger partial charge in [-0.15, -0.1) is 0 Å². The van der Waals surface area contributed by atoms with Crippen LogP contribution in [0.5, 0.6) is 0 Å². The predicted molar refractivity (Wildman–Crippen MR) is 151 cm³/mol. The van der Waals surface area contributed by atoms with Gasteiger partial charge in [-0.25, -0.2) is 8.42 Å². The molecule has 0 spiro atoms. The number of benzene rings is 3. The Labute approximate surface area is 236 Å². The maximum absolute atomic E-state index is 14.1. The molecule has 214 valence electrons. The Morgan fingerprint density at radius 3 is 2.37 bits per heavy atom. The van der Waals surface area contributed by atoms with E-state index in [1.807, 2.05) is 18.2 Å². The van der Waals surface area contributed by atoms with Crippen LogP contribution < -0.4 is 4.72 Å².